The number of benzene rings is 1. The fourth-order valence-electron chi connectivity index (χ4n) is 2.53. The molecule has 1 amide bonds. The Morgan fingerprint density at radius 1 is 1.38 bits per heavy atom. The lowest BCUT2D eigenvalue weighted by Gasteiger charge is -2.19. The number of carbonyl (C=O) groups is 1. The average Bonchev–Trinajstić information content (AvgIpc) is 2.52. The summed E-state index contributed by atoms with van der Waals surface area (Å²) in [6, 6.07) is 6.22. The van der Waals surface area contributed by atoms with Crippen molar-refractivity contribution in [2.45, 2.75) is 19.5 Å². The van der Waals surface area contributed by atoms with Gasteiger partial charge in [-0.05, 0) is 41.8 Å². The van der Waals surface area contributed by atoms with Crippen molar-refractivity contribution in [1.29, 1.82) is 0 Å². The summed E-state index contributed by atoms with van der Waals surface area (Å²) in [4.78, 5) is 16.4. The summed E-state index contributed by atoms with van der Waals surface area (Å²) in [5.74, 6) is -0.461. The Hall–Kier alpha value is -2.27. The summed E-state index contributed by atoms with van der Waals surface area (Å²) in [5.41, 5.74) is 3.48. The Morgan fingerprint density at radius 3 is 3.14 bits per heavy atom. The monoisotopic (exact) mass is 285 g/mol. The highest BCUT2D eigenvalue weighted by atomic mass is 19.1. The number of rotatable bonds is 3. The number of pyridine rings is 1. The Balaban J connectivity index is 1.74. The van der Waals surface area contributed by atoms with Crippen molar-refractivity contribution in [3.8, 4) is 0 Å². The lowest BCUT2D eigenvalue weighted by Crippen LogP contribution is -2.29. The van der Waals surface area contributed by atoms with Crippen molar-refractivity contribution in [2.75, 3.05) is 6.54 Å². The second-order valence-corrected chi connectivity index (χ2v) is 5.06. The van der Waals surface area contributed by atoms with Crippen molar-refractivity contribution < 1.29 is 9.18 Å². The molecule has 0 radical (unpaired) electrons. The van der Waals surface area contributed by atoms with Crippen molar-refractivity contribution >= 4 is 5.91 Å². The van der Waals surface area contributed by atoms with Gasteiger partial charge in [-0.15, -0.1) is 0 Å². The first kappa shape index (κ1) is 13.7. The highest BCUT2D eigenvalue weighted by Crippen LogP contribution is 2.17. The van der Waals surface area contributed by atoms with Gasteiger partial charge in [-0.1, -0.05) is 12.1 Å². The number of halogens is 1. The molecule has 1 aliphatic heterocycles. The van der Waals surface area contributed by atoms with Crippen LogP contribution in [0.4, 0.5) is 4.39 Å². The molecule has 0 fully saturated rings. The lowest BCUT2D eigenvalue weighted by molar-refractivity contribution is 0.0949. The third kappa shape index (κ3) is 3.08. The molecule has 21 heavy (non-hydrogen) atoms. The second-order valence-electron chi connectivity index (χ2n) is 5.06. The van der Waals surface area contributed by atoms with Gasteiger partial charge in [0.05, 0.1) is 5.56 Å². The Morgan fingerprint density at radius 2 is 2.29 bits per heavy atom. The van der Waals surface area contributed by atoms with E-state index in [4.69, 9.17) is 0 Å². The molecule has 5 heteroatoms. The van der Waals surface area contributed by atoms with Crippen LogP contribution in [0.5, 0.6) is 0 Å². The molecule has 0 saturated heterocycles. The number of carbonyl (C=O) groups excluding carboxylic acids is 1. The largest absolute Gasteiger partial charge is 0.348 e. The van der Waals surface area contributed by atoms with E-state index in [1.54, 1.807) is 24.5 Å². The van der Waals surface area contributed by atoms with Crippen molar-refractivity contribution in [3.05, 3.63) is 64.7 Å². The van der Waals surface area contributed by atoms with E-state index in [0.29, 0.717) is 12.1 Å². The van der Waals surface area contributed by atoms with Gasteiger partial charge in [-0.3, -0.25) is 9.78 Å². The highest BCUT2D eigenvalue weighted by molar-refractivity contribution is 5.95. The number of amides is 1. The summed E-state index contributed by atoms with van der Waals surface area (Å²) in [6.45, 7) is 1.91. The van der Waals surface area contributed by atoms with E-state index in [0.717, 1.165) is 36.2 Å². The van der Waals surface area contributed by atoms with E-state index in [1.165, 1.54) is 12.1 Å². The van der Waals surface area contributed by atoms with Crippen LogP contribution in [0, 0.1) is 5.82 Å². The zero-order chi connectivity index (χ0) is 14.7. The van der Waals surface area contributed by atoms with Gasteiger partial charge in [-0.2, -0.15) is 0 Å². The van der Waals surface area contributed by atoms with Crippen LogP contribution in [-0.4, -0.2) is 17.4 Å². The molecule has 2 aromatic rings. The molecule has 108 valence electrons. The number of nitrogens with zero attached hydrogens (tertiary/aromatic N) is 1. The molecule has 0 spiro atoms. The Labute approximate surface area is 122 Å². The molecule has 0 aliphatic carbocycles. The molecule has 0 unspecified atom stereocenters. The summed E-state index contributed by atoms with van der Waals surface area (Å²) >= 11 is 0. The number of fused-ring (bicyclic) bond motifs is 1. The van der Waals surface area contributed by atoms with E-state index < -0.39 is 0 Å². The topological polar surface area (TPSA) is 54.0 Å². The molecule has 0 saturated carbocycles. The molecule has 1 aliphatic rings. The average molecular weight is 285 g/mol. The van der Waals surface area contributed by atoms with E-state index in [-0.39, 0.29) is 11.7 Å². The van der Waals surface area contributed by atoms with Gasteiger partial charge in [0.2, 0.25) is 0 Å². The van der Waals surface area contributed by atoms with Crippen LogP contribution in [0.1, 0.15) is 27.0 Å². The SMILES string of the molecule is O=C(NCc1cccc(F)c1)c1cncc2c1CCNC2. The van der Waals surface area contributed by atoms with E-state index in [2.05, 4.69) is 15.6 Å². The summed E-state index contributed by atoms with van der Waals surface area (Å²) in [7, 11) is 0. The maximum atomic E-state index is 13.1. The smallest absolute Gasteiger partial charge is 0.253 e. The Kier molecular flexibility index (Phi) is 3.92. The maximum Gasteiger partial charge on any atom is 0.253 e. The fourth-order valence-corrected chi connectivity index (χ4v) is 2.53. The number of hydrogen-bond acceptors (Lipinski definition) is 3. The summed E-state index contributed by atoms with van der Waals surface area (Å²) in [5, 5.41) is 6.08. The normalized spacial score (nSPS) is 13.6. The second kappa shape index (κ2) is 6.01. The van der Waals surface area contributed by atoms with Crippen LogP contribution in [-0.2, 0) is 19.5 Å². The minimum absolute atomic E-state index is 0.162. The van der Waals surface area contributed by atoms with Crippen molar-refractivity contribution in [2.24, 2.45) is 0 Å². The fraction of sp³-hybridized carbons (Fsp3) is 0.250. The first-order chi connectivity index (χ1) is 10.2. The van der Waals surface area contributed by atoms with Crippen LogP contribution < -0.4 is 10.6 Å². The molecule has 1 aromatic carbocycles. The van der Waals surface area contributed by atoms with Crippen molar-refractivity contribution in [1.82, 2.24) is 15.6 Å². The number of nitrogens with one attached hydrogen (secondary N) is 2. The standard InChI is InChI=1S/C16H16FN3O/c17-13-3-1-2-11(6-13)7-20-16(21)15-10-19-9-12-8-18-5-4-14(12)15/h1-3,6,9-10,18H,4-5,7-8H2,(H,20,21). The maximum absolute atomic E-state index is 13.1. The molecule has 1 aromatic heterocycles. The minimum atomic E-state index is -0.299. The predicted molar refractivity (Wildman–Crippen MR) is 77.2 cm³/mol. The predicted octanol–water partition coefficient (Wildman–Crippen LogP) is 1.80. The van der Waals surface area contributed by atoms with Crippen LogP contribution in [0.15, 0.2) is 36.7 Å². The minimum Gasteiger partial charge on any atom is -0.348 e. The van der Waals surface area contributed by atoms with Gasteiger partial charge in [0.1, 0.15) is 5.82 Å². The van der Waals surface area contributed by atoms with Crippen LogP contribution in [0.3, 0.4) is 0 Å². The molecule has 2 heterocycles. The molecular formula is C16H16FN3O. The van der Waals surface area contributed by atoms with E-state index in [9.17, 15) is 9.18 Å². The van der Waals surface area contributed by atoms with Crippen LogP contribution >= 0.6 is 0 Å². The van der Waals surface area contributed by atoms with Gasteiger partial charge in [0.15, 0.2) is 0 Å². The van der Waals surface area contributed by atoms with Gasteiger partial charge < -0.3 is 10.6 Å². The first-order valence-corrected chi connectivity index (χ1v) is 6.93. The molecule has 4 nitrogen and oxygen atoms in total. The zero-order valence-electron chi connectivity index (χ0n) is 11.5. The van der Waals surface area contributed by atoms with Crippen LogP contribution in [0.25, 0.3) is 0 Å². The third-order valence-corrected chi connectivity index (χ3v) is 3.60. The molecule has 2 N–H and O–H groups in total. The summed E-state index contributed by atoms with van der Waals surface area (Å²) in [6.07, 6.45) is 4.22. The van der Waals surface area contributed by atoms with Crippen LogP contribution in [0.2, 0.25) is 0 Å². The first-order valence-electron chi connectivity index (χ1n) is 6.93. The molecular weight excluding hydrogens is 269 g/mol. The van der Waals surface area contributed by atoms with E-state index in [1.807, 2.05) is 0 Å². The summed E-state index contributed by atoms with van der Waals surface area (Å²) < 4.78 is 13.1. The third-order valence-electron chi connectivity index (χ3n) is 3.60. The molecule has 3 rings (SSSR count). The van der Waals surface area contributed by atoms with Gasteiger partial charge in [0, 0.05) is 25.5 Å². The number of hydrogen-bond donors (Lipinski definition) is 2. The number of aromatic nitrogens is 1. The van der Waals surface area contributed by atoms with Gasteiger partial charge in [0.25, 0.3) is 5.91 Å². The lowest BCUT2D eigenvalue weighted by atomic mass is 9.98. The molecule has 0 atom stereocenters. The molecule has 0 bridgehead atoms. The van der Waals surface area contributed by atoms with Gasteiger partial charge in [-0.25, -0.2) is 4.39 Å². The zero-order valence-corrected chi connectivity index (χ0v) is 11.5. The highest BCUT2D eigenvalue weighted by Gasteiger charge is 2.17. The quantitative estimate of drug-likeness (QED) is 0.904. The van der Waals surface area contributed by atoms with Crippen molar-refractivity contribution in [3.63, 3.8) is 0 Å². The van der Waals surface area contributed by atoms with Gasteiger partial charge >= 0.3 is 0 Å². The Bertz CT molecular complexity index is 672. The van der Waals surface area contributed by atoms with E-state index >= 15 is 0 Å².